The number of ether oxygens (including phenoxy) is 1. The van der Waals surface area contributed by atoms with Crippen molar-refractivity contribution in [1.82, 2.24) is 5.48 Å². The van der Waals surface area contributed by atoms with Crippen LogP contribution in [0, 0.1) is 5.82 Å². The number of aliphatic imine (C=N–C) groups is 1. The van der Waals surface area contributed by atoms with Crippen LogP contribution >= 0.6 is 0 Å². The first kappa shape index (κ1) is 22.7. The van der Waals surface area contributed by atoms with Gasteiger partial charge in [-0.15, -0.1) is 0 Å². The summed E-state index contributed by atoms with van der Waals surface area (Å²) in [4.78, 5) is 15.3. The van der Waals surface area contributed by atoms with Crippen LogP contribution in [0.2, 0.25) is 0 Å². The summed E-state index contributed by atoms with van der Waals surface area (Å²) in [5.41, 5.74) is 3.86. The summed E-state index contributed by atoms with van der Waals surface area (Å²) in [6.45, 7) is 2.70. The van der Waals surface area contributed by atoms with Crippen LogP contribution in [0.3, 0.4) is 0 Å². The number of carbonyl (C=O) groups excluding carboxylic acids is 1. The Morgan fingerprint density at radius 3 is 2.24 bits per heavy atom. The number of carbonyl (C=O) groups is 1. The molecule has 0 aliphatic heterocycles. The standard InChI is InChI=1S/C23H29FN2O3/c1-23(29-2,20-12-14-21(24)15-13-20)19-10-8-18(9-11-19)17-25-16-6-4-3-5-7-22(27)26-28/h8-15,17,28H,3-7,16H2,1-2H3,(H,26,27). The first-order valence-corrected chi connectivity index (χ1v) is 9.84. The van der Waals surface area contributed by atoms with Crippen LogP contribution in [-0.4, -0.2) is 31.0 Å². The van der Waals surface area contributed by atoms with E-state index in [1.807, 2.05) is 37.4 Å². The third kappa shape index (κ3) is 6.76. The molecule has 2 aromatic carbocycles. The summed E-state index contributed by atoms with van der Waals surface area (Å²) in [7, 11) is 1.65. The first-order chi connectivity index (χ1) is 14.0. The molecule has 0 aliphatic carbocycles. The lowest BCUT2D eigenvalue weighted by molar-refractivity contribution is -0.129. The van der Waals surface area contributed by atoms with Gasteiger partial charge in [-0.3, -0.25) is 15.0 Å². The SMILES string of the molecule is COC(C)(c1ccc(F)cc1)c1ccc(C=NCCCCCCC(=O)NO)cc1. The maximum absolute atomic E-state index is 13.2. The molecule has 1 amide bonds. The van der Waals surface area contributed by atoms with Crippen LogP contribution in [0.4, 0.5) is 4.39 Å². The highest BCUT2D eigenvalue weighted by molar-refractivity contribution is 5.79. The van der Waals surface area contributed by atoms with Gasteiger partial charge in [-0.1, -0.05) is 49.2 Å². The van der Waals surface area contributed by atoms with E-state index in [4.69, 9.17) is 9.94 Å². The average molecular weight is 400 g/mol. The van der Waals surface area contributed by atoms with E-state index >= 15 is 0 Å². The van der Waals surface area contributed by atoms with Crippen molar-refractivity contribution in [3.8, 4) is 0 Å². The van der Waals surface area contributed by atoms with Gasteiger partial charge in [0.1, 0.15) is 11.4 Å². The molecule has 2 rings (SSSR count). The van der Waals surface area contributed by atoms with Gasteiger partial charge in [0.2, 0.25) is 5.91 Å². The van der Waals surface area contributed by atoms with E-state index in [-0.39, 0.29) is 11.7 Å². The summed E-state index contributed by atoms with van der Waals surface area (Å²) in [5, 5.41) is 8.42. The number of nitrogens with one attached hydrogen (secondary N) is 1. The molecule has 0 saturated heterocycles. The highest BCUT2D eigenvalue weighted by atomic mass is 19.1. The lowest BCUT2D eigenvalue weighted by Gasteiger charge is -2.29. The molecule has 0 radical (unpaired) electrons. The molecule has 5 nitrogen and oxygen atoms in total. The molecule has 0 spiro atoms. The molecule has 0 fully saturated rings. The summed E-state index contributed by atoms with van der Waals surface area (Å²) >= 11 is 0. The fourth-order valence-electron chi connectivity index (χ4n) is 3.13. The van der Waals surface area contributed by atoms with Crippen molar-refractivity contribution in [2.45, 2.75) is 44.6 Å². The number of hydroxylamine groups is 1. The molecule has 2 N–H and O–H groups in total. The molecule has 29 heavy (non-hydrogen) atoms. The van der Waals surface area contributed by atoms with E-state index < -0.39 is 5.60 Å². The summed E-state index contributed by atoms with van der Waals surface area (Å²) in [6, 6.07) is 14.3. The van der Waals surface area contributed by atoms with Gasteiger partial charge in [-0.2, -0.15) is 0 Å². The Hall–Kier alpha value is -2.57. The number of nitrogens with zero attached hydrogens (tertiary/aromatic N) is 1. The molecular weight excluding hydrogens is 371 g/mol. The van der Waals surface area contributed by atoms with E-state index in [1.165, 1.54) is 12.1 Å². The zero-order valence-corrected chi connectivity index (χ0v) is 17.0. The van der Waals surface area contributed by atoms with Gasteiger partial charge in [0.15, 0.2) is 0 Å². The molecule has 6 heteroatoms. The number of hydrogen-bond donors (Lipinski definition) is 2. The highest BCUT2D eigenvalue weighted by Gasteiger charge is 2.28. The maximum Gasteiger partial charge on any atom is 0.243 e. The molecule has 156 valence electrons. The molecule has 1 unspecified atom stereocenters. The van der Waals surface area contributed by atoms with Gasteiger partial charge in [0.25, 0.3) is 0 Å². The summed E-state index contributed by atoms with van der Waals surface area (Å²) < 4.78 is 19.0. The van der Waals surface area contributed by atoms with Crippen LogP contribution in [0.1, 0.15) is 55.7 Å². The normalized spacial score (nSPS) is 13.4. The van der Waals surface area contributed by atoms with Crippen LogP contribution in [0.25, 0.3) is 0 Å². The van der Waals surface area contributed by atoms with Crippen molar-refractivity contribution in [3.63, 3.8) is 0 Å². The highest BCUT2D eigenvalue weighted by Crippen LogP contribution is 2.32. The minimum Gasteiger partial charge on any atom is -0.369 e. The minimum absolute atomic E-state index is 0.269. The fraction of sp³-hybridized carbons (Fsp3) is 0.391. The predicted molar refractivity (Wildman–Crippen MR) is 112 cm³/mol. The van der Waals surface area contributed by atoms with Gasteiger partial charge in [-0.25, -0.2) is 9.87 Å². The number of benzene rings is 2. The van der Waals surface area contributed by atoms with E-state index in [0.29, 0.717) is 6.42 Å². The number of hydrogen-bond acceptors (Lipinski definition) is 4. The van der Waals surface area contributed by atoms with Crippen molar-refractivity contribution in [2.24, 2.45) is 4.99 Å². The molecule has 0 saturated carbocycles. The van der Waals surface area contributed by atoms with Crippen LogP contribution in [0.5, 0.6) is 0 Å². The van der Waals surface area contributed by atoms with Gasteiger partial charge >= 0.3 is 0 Å². The molecule has 0 heterocycles. The topological polar surface area (TPSA) is 70.9 Å². The van der Waals surface area contributed by atoms with Crippen LogP contribution < -0.4 is 5.48 Å². The van der Waals surface area contributed by atoms with E-state index in [9.17, 15) is 9.18 Å². The largest absolute Gasteiger partial charge is 0.369 e. The van der Waals surface area contributed by atoms with Crippen LogP contribution in [0.15, 0.2) is 53.5 Å². The smallest absolute Gasteiger partial charge is 0.243 e. The van der Waals surface area contributed by atoms with E-state index in [0.717, 1.165) is 48.9 Å². The summed E-state index contributed by atoms with van der Waals surface area (Å²) in [5.74, 6) is -0.607. The van der Waals surface area contributed by atoms with Crippen molar-refractivity contribution >= 4 is 12.1 Å². The fourth-order valence-corrected chi connectivity index (χ4v) is 3.13. The third-order valence-electron chi connectivity index (χ3n) is 5.07. The number of unbranched alkanes of at least 4 members (excludes halogenated alkanes) is 3. The molecule has 0 aromatic heterocycles. The van der Waals surface area contributed by atoms with E-state index in [2.05, 4.69) is 4.99 Å². The lowest BCUT2D eigenvalue weighted by atomic mass is 9.87. The second-order valence-corrected chi connectivity index (χ2v) is 7.10. The molecule has 2 aromatic rings. The van der Waals surface area contributed by atoms with Crippen molar-refractivity contribution < 1.29 is 19.1 Å². The zero-order valence-electron chi connectivity index (χ0n) is 17.0. The average Bonchev–Trinajstić information content (AvgIpc) is 2.75. The Morgan fingerprint density at radius 2 is 1.66 bits per heavy atom. The van der Waals surface area contributed by atoms with Gasteiger partial charge < -0.3 is 4.74 Å². The van der Waals surface area contributed by atoms with Gasteiger partial charge in [0, 0.05) is 26.3 Å². The molecule has 0 bridgehead atoms. The monoisotopic (exact) mass is 400 g/mol. The second kappa shape index (κ2) is 11.4. The van der Waals surface area contributed by atoms with Crippen molar-refractivity contribution in [2.75, 3.05) is 13.7 Å². The number of rotatable bonds is 11. The second-order valence-electron chi connectivity index (χ2n) is 7.10. The quantitative estimate of drug-likeness (QED) is 0.250. The third-order valence-corrected chi connectivity index (χ3v) is 5.07. The Labute approximate surface area is 171 Å². The number of methoxy groups -OCH3 is 1. The first-order valence-electron chi connectivity index (χ1n) is 9.84. The van der Waals surface area contributed by atoms with E-state index in [1.54, 1.807) is 24.7 Å². The number of halogens is 1. The Kier molecular flexibility index (Phi) is 8.96. The maximum atomic E-state index is 13.2. The lowest BCUT2D eigenvalue weighted by Crippen LogP contribution is -2.25. The van der Waals surface area contributed by atoms with Gasteiger partial charge in [0.05, 0.1) is 0 Å². The Morgan fingerprint density at radius 1 is 1.07 bits per heavy atom. The number of amides is 1. The zero-order chi connectivity index (χ0) is 21.1. The summed E-state index contributed by atoms with van der Waals surface area (Å²) in [6.07, 6.45) is 5.87. The van der Waals surface area contributed by atoms with Crippen LogP contribution in [-0.2, 0) is 15.1 Å². The van der Waals surface area contributed by atoms with Crippen molar-refractivity contribution in [3.05, 3.63) is 71.0 Å². The van der Waals surface area contributed by atoms with Crippen molar-refractivity contribution in [1.29, 1.82) is 0 Å². The van der Waals surface area contributed by atoms with Gasteiger partial charge in [-0.05, 0) is 48.6 Å². The molecular formula is C23H29FN2O3. The minimum atomic E-state index is -0.656. The Balaban J connectivity index is 1.85. The Bertz CT molecular complexity index is 791. The predicted octanol–water partition coefficient (Wildman–Crippen LogP) is 4.61. The molecule has 0 aliphatic rings. The molecule has 1 atom stereocenters.